The van der Waals surface area contributed by atoms with Gasteiger partial charge in [0.25, 0.3) is 0 Å². The second kappa shape index (κ2) is 6.14. The first-order valence-corrected chi connectivity index (χ1v) is 6.22. The van der Waals surface area contributed by atoms with E-state index in [4.69, 9.17) is 15.2 Å². The first kappa shape index (κ1) is 12.5. The average molecular weight is 249 g/mol. The molecule has 0 aliphatic carbocycles. The number of nitrogens with one attached hydrogen (secondary N) is 1. The van der Waals surface area contributed by atoms with E-state index < -0.39 is 0 Å². The van der Waals surface area contributed by atoms with Gasteiger partial charge in [0.1, 0.15) is 0 Å². The van der Waals surface area contributed by atoms with Crippen LogP contribution in [0, 0.1) is 0 Å². The van der Waals surface area contributed by atoms with Gasteiger partial charge < -0.3 is 20.5 Å². The van der Waals surface area contributed by atoms with Gasteiger partial charge in [-0.05, 0) is 30.5 Å². The van der Waals surface area contributed by atoms with E-state index >= 15 is 0 Å². The van der Waals surface area contributed by atoms with Crippen LogP contribution in [-0.4, -0.2) is 25.8 Å². The zero-order valence-electron chi connectivity index (χ0n) is 10.6. The van der Waals surface area contributed by atoms with Gasteiger partial charge in [-0.1, -0.05) is 13.0 Å². The van der Waals surface area contributed by atoms with E-state index in [1.807, 2.05) is 18.2 Å². The first-order valence-electron chi connectivity index (χ1n) is 6.22. The van der Waals surface area contributed by atoms with Crippen LogP contribution in [0.25, 0.3) is 0 Å². The van der Waals surface area contributed by atoms with Crippen molar-refractivity contribution in [3.05, 3.63) is 23.8 Å². The Hall–Kier alpha value is -1.91. The molecule has 5 nitrogen and oxygen atoms in total. The molecule has 1 heterocycles. The minimum Gasteiger partial charge on any atom is -0.454 e. The molecule has 1 aromatic rings. The number of guanidine groups is 1. The number of aliphatic imine (C=N–C) groups is 1. The Morgan fingerprint density at radius 3 is 3.06 bits per heavy atom. The van der Waals surface area contributed by atoms with Crippen LogP contribution in [0.5, 0.6) is 11.5 Å². The van der Waals surface area contributed by atoms with Gasteiger partial charge in [-0.3, -0.25) is 4.99 Å². The van der Waals surface area contributed by atoms with Crippen molar-refractivity contribution < 1.29 is 9.47 Å². The van der Waals surface area contributed by atoms with Gasteiger partial charge in [-0.2, -0.15) is 0 Å². The lowest BCUT2D eigenvalue weighted by atomic mass is 10.1. The van der Waals surface area contributed by atoms with Gasteiger partial charge in [-0.15, -0.1) is 0 Å². The number of hydrogen-bond donors (Lipinski definition) is 2. The summed E-state index contributed by atoms with van der Waals surface area (Å²) in [6.45, 7) is 3.92. The molecule has 3 N–H and O–H groups in total. The molecule has 0 atom stereocenters. The van der Waals surface area contributed by atoms with E-state index in [9.17, 15) is 0 Å². The van der Waals surface area contributed by atoms with Crippen molar-refractivity contribution in [1.29, 1.82) is 0 Å². The van der Waals surface area contributed by atoms with Crippen LogP contribution in [-0.2, 0) is 6.42 Å². The standard InChI is InChI=1S/C13H19N3O2/c1-2-6-15-13(14)16-7-5-10-3-4-11-12(8-10)18-9-17-11/h3-4,8H,2,5-7,9H2,1H3,(H3,14,15,16). The normalized spacial score (nSPS) is 13.7. The Kier molecular flexibility index (Phi) is 4.28. The summed E-state index contributed by atoms with van der Waals surface area (Å²) in [5, 5.41) is 3.09. The van der Waals surface area contributed by atoms with Crippen molar-refractivity contribution in [2.24, 2.45) is 10.7 Å². The summed E-state index contributed by atoms with van der Waals surface area (Å²) < 4.78 is 10.6. The smallest absolute Gasteiger partial charge is 0.231 e. The number of hydrogen-bond acceptors (Lipinski definition) is 3. The predicted molar refractivity (Wildman–Crippen MR) is 71.1 cm³/mol. The van der Waals surface area contributed by atoms with Crippen molar-refractivity contribution >= 4 is 5.96 Å². The van der Waals surface area contributed by atoms with E-state index in [1.165, 1.54) is 5.56 Å². The molecule has 98 valence electrons. The molecule has 0 fully saturated rings. The molecule has 0 radical (unpaired) electrons. The zero-order valence-corrected chi connectivity index (χ0v) is 10.6. The second-order valence-electron chi connectivity index (χ2n) is 4.13. The maximum atomic E-state index is 5.71. The van der Waals surface area contributed by atoms with Gasteiger partial charge >= 0.3 is 0 Å². The summed E-state index contributed by atoms with van der Waals surface area (Å²) in [5.41, 5.74) is 6.90. The SMILES string of the molecule is CCCN=C(N)NCCc1ccc2c(c1)OCO2. The largest absolute Gasteiger partial charge is 0.454 e. The van der Waals surface area contributed by atoms with Crippen molar-refractivity contribution in [3.8, 4) is 11.5 Å². The topological polar surface area (TPSA) is 68.9 Å². The molecule has 18 heavy (non-hydrogen) atoms. The highest BCUT2D eigenvalue weighted by Crippen LogP contribution is 2.32. The fourth-order valence-electron chi connectivity index (χ4n) is 1.72. The number of nitrogens with two attached hydrogens (primary N) is 1. The molecule has 0 saturated carbocycles. The van der Waals surface area contributed by atoms with Crippen LogP contribution in [0.3, 0.4) is 0 Å². The predicted octanol–water partition coefficient (Wildman–Crippen LogP) is 1.27. The summed E-state index contributed by atoms with van der Waals surface area (Å²) in [6.07, 6.45) is 1.88. The third-order valence-corrected chi connectivity index (χ3v) is 2.66. The van der Waals surface area contributed by atoms with Crippen LogP contribution in [0.1, 0.15) is 18.9 Å². The minimum absolute atomic E-state index is 0.313. The molecule has 2 rings (SSSR count). The Morgan fingerprint density at radius 1 is 1.39 bits per heavy atom. The highest BCUT2D eigenvalue weighted by atomic mass is 16.7. The highest BCUT2D eigenvalue weighted by molar-refractivity contribution is 5.77. The lowest BCUT2D eigenvalue weighted by Crippen LogP contribution is -2.33. The minimum atomic E-state index is 0.313. The molecule has 1 aliphatic rings. The van der Waals surface area contributed by atoms with Crippen molar-refractivity contribution in [1.82, 2.24) is 5.32 Å². The molecule has 1 aliphatic heterocycles. The van der Waals surface area contributed by atoms with Crippen LogP contribution in [0.15, 0.2) is 23.2 Å². The van der Waals surface area contributed by atoms with Crippen LogP contribution in [0.2, 0.25) is 0 Å². The first-order chi connectivity index (χ1) is 8.79. The van der Waals surface area contributed by atoms with Gasteiger partial charge in [0.2, 0.25) is 6.79 Å². The molecular formula is C13H19N3O2. The van der Waals surface area contributed by atoms with Crippen LogP contribution < -0.4 is 20.5 Å². The Labute approximate surface area is 107 Å². The molecule has 0 spiro atoms. The average Bonchev–Trinajstić information content (AvgIpc) is 2.83. The van der Waals surface area contributed by atoms with Crippen molar-refractivity contribution in [2.75, 3.05) is 19.9 Å². The maximum absolute atomic E-state index is 5.71. The number of rotatable bonds is 5. The van der Waals surface area contributed by atoms with Gasteiger partial charge in [0, 0.05) is 13.1 Å². The number of benzene rings is 1. The van der Waals surface area contributed by atoms with E-state index in [-0.39, 0.29) is 0 Å². The summed E-state index contributed by atoms with van der Waals surface area (Å²) >= 11 is 0. The molecule has 0 aromatic heterocycles. The summed E-state index contributed by atoms with van der Waals surface area (Å²) in [4.78, 5) is 4.17. The molecule has 0 amide bonds. The third-order valence-electron chi connectivity index (χ3n) is 2.66. The zero-order chi connectivity index (χ0) is 12.8. The lowest BCUT2D eigenvalue weighted by molar-refractivity contribution is 0.174. The van der Waals surface area contributed by atoms with Crippen LogP contribution >= 0.6 is 0 Å². The Morgan fingerprint density at radius 2 is 2.22 bits per heavy atom. The molecule has 5 heteroatoms. The van der Waals surface area contributed by atoms with E-state index in [1.54, 1.807) is 0 Å². The van der Waals surface area contributed by atoms with E-state index in [0.717, 1.165) is 37.4 Å². The molecule has 0 unspecified atom stereocenters. The number of fused-ring (bicyclic) bond motifs is 1. The summed E-state index contributed by atoms with van der Waals surface area (Å²) in [5.74, 6) is 2.15. The van der Waals surface area contributed by atoms with Gasteiger partial charge in [-0.25, -0.2) is 0 Å². The molecule has 0 bridgehead atoms. The van der Waals surface area contributed by atoms with Gasteiger partial charge in [0.05, 0.1) is 0 Å². The monoisotopic (exact) mass is 249 g/mol. The summed E-state index contributed by atoms with van der Waals surface area (Å²) in [6, 6.07) is 5.98. The number of nitrogens with zero attached hydrogens (tertiary/aromatic N) is 1. The van der Waals surface area contributed by atoms with Crippen molar-refractivity contribution in [3.63, 3.8) is 0 Å². The van der Waals surface area contributed by atoms with Gasteiger partial charge in [0.15, 0.2) is 17.5 Å². The summed E-state index contributed by atoms with van der Waals surface area (Å²) in [7, 11) is 0. The molecular weight excluding hydrogens is 230 g/mol. The van der Waals surface area contributed by atoms with Crippen molar-refractivity contribution in [2.45, 2.75) is 19.8 Å². The Balaban J connectivity index is 1.80. The number of ether oxygens (including phenoxy) is 2. The highest BCUT2D eigenvalue weighted by Gasteiger charge is 2.12. The van der Waals surface area contributed by atoms with E-state index in [0.29, 0.717) is 12.8 Å². The van der Waals surface area contributed by atoms with Crippen LogP contribution in [0.4, 0.5) is 0 Å². The fraction of sp³-hybridized carbons (Fsp3) is 0.462. The quantitative estimate of drug-likeness (QED) is 0.609. The Bertz CT molecular complexity index is 432. The van der Waals surface area contributed by atoms with E-state index in [2.05, 4.69) is 17.2 Å². The lowest BCUT2D eigenvalue weighted by Gasteiger charge is -2.06. The maximum Gasteiger partial charge on any atom is 0.231 e. The fourth-order valence-corrected chi connectivity index (χ4v) is 1.72. The molecule has 1 aromatic carbocycles. The molecule has 0 saturated heterocycles. The third kappa shape index (κ3) is 3.29. The second-order valence-corrected chi connectivity index (χ2v) is 4.13.